The molecular formula is C23H28N2O2. The molecule has 0 bridgehead atoms. The second-order valence-electron chi connectivity index (χ2n) is 8.05. The normalized spacial score (nSPS) is 12.9. The fourth-order valence-electron chi connectivity index (χ4n) is 3.05. The van der Waals surface area contributed by atoms with Gasteiger partial charge in [-0.3, -0.25) is 4.79 Å². The number of esters is 1. The van der Waals surface area contributed by atoms with Gasteiger partial charge in [-0.15, -0.1) is 0 Å². The Balaban J connectivity index is 2.01. The Morgan fingerprint density at radius 2 is 1.78 bits per heavy atom. The molecule has 4 heteroatoms. The molecule has 0 aliphatic heterocycles. The number of aromatic nitrogens is 2. The zero-order chi connectivity index (χ0) is 19.6. The van der Waals surface area contributed by atoms with Gasteiger partial charge < -0.3 is 9.30 Å². The monoisotopic (exact) mass is 364 g/mol. The topological polar surface area (TPSA) is 44.1 Å². The second-order valence-corrected chi connectivity index (χ2v) is 8.05. The molecule has 0 N–H and O–H groups in total. The van der Waals surface area contributed by atoms with Gasteiger partial charge in [0.15, 0.2) is 0 Å². The lowest BCUT2D eigenvalue weighted by atomic mass is 9.87. The highest BCUT2D eigenvalue weighted by atomic mass is 16.5. The first-order valence-corrected chi connectivity index (χ1v) is 9.55. The van der Waals surface area contributed by atoms with E-state index in [1.54, 1.807) is 0 Å². The fraction of sp³-hybridized carbons (Fsp3) is 0.391. The maximum Gasteiger partial charge on any atom is 0.326 e. The van der Waals surface area contributed by atoms with Crippen molar-refractivity contribution in [2.75, 3.05) is 0 Å². The fourth-order valence-corrected chi connectivity index (χ4v) is 3.05. The van der Waals surface area contributed by atoms with Gasteiger partial charge in [-0.25, -0.2) is 4.98 Å². The zero-order valence-corrected chi connectivity index (χ0v) is 16.8. The number of imidazole rings is 1. The molecule has 0 amide bonds. The molecule has 1 heterocycles. The van der Waals surface area contributed by atoms with Crippen LogP contribution in [-0.4, -0.2) is 21.6 Å². The number of fused-ring (bicyclic) bond motifs is 1. The quantitative estimate of drug-likeness (QED) is 0.574. The van der Waals surface area contributed by atoms with Gasteiger partial charge in [-0.05, 0) is 36.5 Å². The Kier molecular flexibility index (Phi) is 5.36. The minimum atomic E-state index is -0.236. The molecule has 142 valence electrons. The van der Waals surface area contributed by atoms with Crippen LogP contribution in [0.25, 0.3) is 22.4 Å². The number of ether oxygens (including phenoxy) is 1. The maximum absolute atomic E-state index is 12.4. The molecule has 3 rings (SSSR count). The number of para-hydroxylation sites is 2. The Hall–Kier alpha value is -2.62. The highest BCUT2D eigenvalue weighted by molar-refractivity contribution is 5.83. The van der Waals surface area contributed by atoms with Crippen LogP contribution in [0.5, 0.6) is 0 Å². The number of hydrogen-bond donors (Lipinski definition) is 0. The van der Waals surface area contributed by atoms with Crippen molar-refractivity contribution in [3.63, 3.8) is 0 Å². The number of carbonyl (C=O) groups is 1. The minimum absolute atomic E-state index is 0.0817. The molecular weight excluding hydrogens is 336 g/mol. The first kappa shape index (κ1) is 19.2. The lowest BCUT2D eigenvalue weighted by molar-refractivity contribution is -0.148. The van der Waals surface area contributed by atoms with Crippen molar-refractivity contribution in [3.8, 4) is 11.4 Å². The predicted molar refractivity (Wildman–Crippen MR) is 110 cm³/mol. The van der Waals surface area contributed by atoms with Crippen molar-refractivity contribution in [2.24, 2.45) is 0 Å². The van der Waals surface area contributed by atoms with E-state index < -0.39 is 0 Å². The van der Waals surface area contributed by atoms with Crippen LogP contribution >= 0.6 is 0 Å². The van der Waals surface area contributed by atoms with E-state index >= 15 is 0 Å². The van der Waals surface area contributed by atoms with E-state index in [9.17, 15) is 4.79 Å². The van der Waals surface area contributed by atoms with Crippen molar-refractivity contribution in [3.05, 3.63) is 54.1 Å². The Bertz CT molecular complexity index is 933. The summed E-state index contributed by atoms with van der Waals surface area (Å²) in [5.41, 5.74) is 4.18. The summed E-state index contributed by atoms with van der Waals surface area (Å²) in [6.07, 6.45) is 0.721. The third-order valence-corrected chi connectivity index (χ3v) is 4.86. The van der Waals surface area contributed by atoms with Gasteiger partial charge in [0.25, 0.3) is 0 Å². The number of nitrogens with zero attached hydrogens (tertiary/aromatic N) is 2. The van der Waals surface area contributed by atoms with Gasteiger partial charge in [-0.1, -0.05) is 64.1 Å². The molecule has 0 aliphatic rings. The van der Waals surface area contributed by atoms with E-state index in [1.807, 2.05) is 42.7 Å². The van der Waals surface area contributed by atoms with Crippen LogP contribution in [-0.2, 0) is 21.5 Å². The average Bonchev–Trinajstić information content (AvgIpc) is 2.99. The Morgan fingerprint density at radius 1 is 1.11 bits per heavy atom. The minimum Gasteiger partial charge on any atom is -0.461 e. The third kappa shape index (κ3) is 4.21. The van der Waals surface area contributed by atoms with Gasteiger partial charge in [0.1, 0.15) is 12.4 Å². The first-order valence-electron chi connectivity index (χ1n) is 9.55. The highest BCUT2D eigenvalue weighted by Crippen LogP contribution is 2.28. The lowest BCUT2D eigenvalue weighted by Gasteiger charge is -2.19. The number of benzene rings is 2. The molecule has 0 saturated carbocycles. The van der Waals surface area contributed by atoms with E-state index in [0.717, 1.165) is 28.8 Å². The van der Waals surface area contributed by atoms with Gasteiger partial charge in [-0.2, -0.15) is 0 Å². The average molecular weight is 364 g/mol. The summed E-state index contributed by atoms with van der Waals surface area (Å²) in [5, 5.41) is 0. The number of hydrogen-bond acceptors (Lipinski definition) is 3. The van der Waals surface area contributed by atoms with Gasteiger partial charge in [0, 0.05) is 5.56 Å². The third-order valence-electron chi connectivity index (χ3n) is 4.86. The first-order chi connectivity index (χ1) is 12.8. The standard InChI is InChI=1S/C23H28N2O2/c1-6-16(2)27-21(26)15-25-20-10-8-7-9-19(20)24-22(25)17-11-13-18(14-12-17)23(3,4)5/h7-14,16H,6,15H2,1-5H3. The predicted octanol–water partition coefficient (Wildman–Crippen LogP) is 5.34. The summed E-state index contributed by atoms with van der Waals surface area (Å²) in [6, 6.07) is 16.3. The molecule has 2 aromatic carbocycles. The second kappa shape index (κ2) is 7.55. The van der Waals surface area contributed by atoms with Crippen LogP contribution < -0.4 is 0 Å². The summed E-state index contributed by atoms with van der Waals surface area (Å²) in [6.45, 7) is 10.7. The van der Waals surface area contributed by atoms with Crippen molar-refractivity contribution in [2.45, 2.75) is 59.1 Å². The molecule has 0 aliphatic carbocycles. The summed E-state index contributed by atoms with van der Waals surface area (Å²) >= 11 is 0. The summed E-state index contributed by atoms with van der Waals surface area (Å²) in [7, 11) is 0. The smallest absolute Gasteiger partial charge is 0.326 e. The van der Waals surface area contributed by atoms with E-state index in [0.29, 0.717) is 0 Å². The SMILES string of the molecule is CCC(C)OC(=O)Cn1c(-c2ccc(C(C)(C)C)cc2)nc2ccccc21. The van der Waals surface area contributed by atoms with Crippen LogP contribution in [0.3, 0.4) is 0 Å². The molecule has 0 fully saturated rings. The largest absolute Gasteiger partial charge is 0.461 e. The van der Waals surface area contributed by atoms with Crippen LogP contribution in [0.15, 0.2) is 48.5 Å². The van der Waals surface area contributed by atoms with Crippen LogP contribution in [0.2, 0.25) is 0 Å². The molecule has 0 radical (unpaired) electrons. The summed E-state index contributed by atoms with van der Waals surface area (Å²) < 4.78 is 7.44. The molecule has 1 atom stereocenters. The molecule has 1 unspecified atom stereocenters. The van der Waals surface area contributed by atoms with Gasteiger partial charge in [0.05, 0.1) is 17.1 Å². The molecule has 4 nitrogen and oxygen atoms in total. The number of carbonyl (C=O) groups excluding carboxylic acids is 1. The molecule has 3 aromatic rings. The van der Waals surface area contributed by atoms with Crippen LogP contribution in [0.1, 0.15) is 46.6 Å². The number of rotatable bonds is 5. The zero-order valence-electron chi connectivity index (χ0n) is 16.8. The van der Waals surface area contributed by atoms with Crippen molar-refractivity contribution in [1.29, 1.82) is 0 Å². The van der Waals surface area contributed by atoms with E-state index in [2.05, 4.69) is 45.0 Å². The van der Waals surface area contributed by atoms with E-state index in [1.165, 1.54) is 5.56 Å². The Labute approximate surface area is 161 Å². The molecule has 0 saturated heterocycles. The van der Waals surface area contributed by atoms with E-state index in [4.69, 9.17) is 9.72 Å². The molecule has 0 spiro atoms. The Morgan fingerprint density at radius 3 is 2.41 bits per heavy atom. The van der Waals surface area contributed by atoms with Crippen molar-refractivity contribution < 1.29 is 9.53 Å². The summed E-state index contributed by atoms with van der Waals surface area (Å²) in [5.74, 6) is 0.554. The van der Waals surface area contributed by atoms with Crippen LogP contribution in [0.4, 0.5) is 0 Å². The molecule has 1 aromatic heterocycles. The lowest BCUT2D eigenvalue weighted by Crippen LogP contribution is -2.19. The summed E-state index contributed by atoms with van der Waals surface area (Å²) in [4.78, 5) is 17.2. The highest BCUT2D eigenvalue weighted by Gasteiger charge is 2.18. The van der Waals surface area contributed by atoms with Gasteiger partial charge >= 0.3 is 5.97 Å². The van der Waals surface area contributed by atoms with Crippen molar-refractivity contribution in [1.82, 2.24) is 9.55 Å². The van der Waals surface area contributed by atoms with E-state index in [-0.39, 0.29) is 24.0 Å². The van der Waals surface area contributed by atoms with Crippen LogP contribution in [0, 0.1) is 0 Å². The van der Waals surface area contributed by atoms with Gasteiger partial charge in [0.2, 0.25) is 0 Å². The van der Waals surface area contributed by atoms with Crippen molar-refractivity contribution >= 4 is 17.0 Å². The molecule has 27 heavy (non-hydrogen) atoms. The maximum atomic E-state index is 12.4.